The van der Waals surface area contributed by atoms with Crippen LogP contribution in [0.1, 0.15) is 23.9 Å². The average Bonchev–Trinajstić information content (AvgIpc) is 2.35. The van der Waals surface area contributed by atoms with Crippen LogP contribution in [0.5, 0.6) is 0 Å². The Labute approximate surface area is 115 Å². The minimum atomic E-state index is -0.658. The molecule has 6 heteroatoms. The Bertz CT molecular complexity index is 648. The van der Waals surface area contributed by atoms with Gasteiger partial charge in [-0.25, -0.2) is 24.2 Å². The van der Waals surface area contributed by atoms with Gasteiger partial charge in [-0.3, -0.25) is 0 Å². The number of aryl methyl sites for hydroxylation is 2. The predicted molar refractivity (Wildman–Crippen MR) is 73.7 cm³/mol. The van der Waals surface area contributed by atoms with Crippen LogP contribution in [0.15, 0.2) is 29.4 Å². The summed E-state index contributed by atoms with van der Waals surface area (Å²) in [5.41, 5.74) is 4.89. The van der Waals surface area contributed by atoms with Crippen LogP contribution >= 0.6 is 0 Å². The van der Waals surface area contributed by atoms with E-state index in [0.717, 1.165) is 17.5 Å². The van der Waals surface area contributed by atoms with E-state index in [9.17, 15) is 8.78 Å². The lowest BCUT2D eigenvalue weighted by Crippen LogP contribution is -2.05. The SMILES string of the molecule is C/C(=N\Nc1nc(C)cc(C)n1)c1ccc(F)cc1F. The quantitative estimate of drug-likeness (QED) is 0.691. The minimum Gasteiger partial charge on any atom is -0.245 e. The first-order chi connectivity index (χ1) is 9.45. The molecule has 0 spiro atoms. The summed E-state index contributed by atoms with van der Waals surface area (Å²) in [6, 6.07) is 5.18. The second kappa shape index (κ2) is 5.73. The zero-order chi connectivity index (χ0) is 14.7. The fourth-order valence-electron chi connectivity index (χ4n) is 1.75. The average molecular weight is 276 g/mol. The van der Waals surface area contributed by atoms with Gasteiger partial charge in [-0.05, 0) is 39.0 Å². The van der Waals surface area contributed by atoms with E-state index in [4.69, 9.17) is 0 Å². The molecule has 2 aromatic rings. The first-order valence-electron chi connectivity index (χ1n) is 6.03. The summed E-state index contributed by atoms with van der Waals surface area (Å²) in [7, 11) is 0. The number of anilines is 1. The van der Waals surface area contributed by atoms with E-state index < -0.39 is 11.6 Å². The first kappa shape index (κ1) is 14.0. The molecule has 0 saturated heterocycles. The van der Waals surface area contributed by atoms with Crippen LogP contribution in [0.25, 0.3) is 0 Å². The molecule has 2 rings (SSSR count). The highest BCUT2D eigenvalue weighted by molar-refractivity contribution is 5.99. The van der Waals surface area contributed by atoms with Gasteiger partial charge < -0.3 is 0 Å². The van der Waals surface area contributed by atoms with Crippen molar-refractivity contribution in [3.63, 3.8) is 0 Å². The number of aromatic nitrogens is 2. The Hall–Kier alpha value is -2.37. The van der Waals surface area contributed by atoms with E-state index in [2.05, 4.69) is 20.5 Å². The largest absolute Gasteiger partial charge is 0.245 e. The number of hydrazone groups is 1. The van der Waals surface area contributed by atoms with Crippen molar-refractivity contribution in [3.8, 4) is 0 Å². The number of nitrogens with zero attached hydrogens (tertiary/aromatic N) is 3. The van der Waals surface area contributed by atoms with Gasteiger partial charge in [-0.2, -0.15) is 5.10 Å². The van der Waals surface area contributed by atoms with Crippen LogP contribution in [-0.2, 0) is 0 Å². The van der Waals surface area contributed by atoms with Crippen molar-refractivity contribution in [2.24, 2.45) is 5.10 Å². The summed E-state index contributed by atoms with van der Waals surface area (Å²) >= 11 is 0. The second-order valence-electron chi connectivity index (χ2n) is 4.41. The standard InChI is InChI=1S/C14H14F2N4/c1-8-6-9(2)18-14(17-8)20-19-10(3)12-5-4-11(15)7-13(12)16/h4-7H,1-3H3,(H,17,18,20)/b19-10+. The van der Waals surface area contributed by atoms with Crippen molar-refractivity contribution in [2.75, 3.05) is 5.43 Å². The molecule has 1 aromatic heterocycles. The normalized spacial score (nSPS) is 11.6. The Balaban J connectivity index is 2.22. The molecule has 0 saturated carbocycles. The number of benzene rings is 1. The second-order valence-corrected chi connectivity index (χ2v) is 4.41. The smallest absolute Gasteiger partial charge is 0.243 e. The molecule has 0 radical (unpaired) electrons. The Morgan fingerprint density at radius 3 is 2.35 bits per heavy atom. The third-order valence-electron chi connectivity index (χ3n) is 2.63. The van der Waals surface area contributed by atoms with Crippen LogP contribution in [0.2, 0.25) is 0 Å². The molecule has 0 atom stereocenters. The summed E-state index contributed by atoms with van der Waals surface area (Å²) in [5.74, 6) is -0.941. The number of hydrogen-bond donors (Lipinski definition) is 1. The molecule has 1 aromatic carbocycles. The Morgan fingerprint density at radius 2 is 1.75 bits per heavy atom. The fraction of sp³-hybridized carbons (Fsp3) is 0.214. The topological polar surface area (TPSA) is 50.2 Å². The Morgan fingerprint density at radius 1 is 1.10 bits per heavy atom. The van der Waals surface area contributed by atoms with E-state index in [1.165, 1.54) is 12.1 Å². The lowest BCUT2D eigenvalue weighted by atomic mass is 10.1. The van der Waals surface area contributed by atoms with E-state index in [1.807, 2.05) is 19.9 Å². The molecular weight excluding hydrogens is 262 g/mol. The minimum absolute atomic E-state index is 0.225. The number of rotatable bonds is 3. The molecule has 0 bridgehead atoms. The van der Waals surface area contributed by atoms with Crippen molar-refractivity contribution in [1.29, 1.82) is 0 Å². The molecule has 0 unspecified atom stereocenters. The molecule has 0 aliphatic heterocycles. The number of halogens is 2. The summed E-state index contributed by atoms with van der Waals surface area (Å²) in [6.45, 7) is 5.30. The summed E-state index contributed by atoms with van der Waals surface area (Å²) in [4.78, 5) is 8.31. The van der Waals surface area contributed by atoms with Gasteiger partial charge >= 0.3 is 0 Å². The molecule has 0 aliphatic carbocycles. The van der Waals surface area contributed by atoms with Crippen LogP contribution in [0.4, 0.5) is 14.7 Å². The molecular formula is C14H14F2N4. The van der Waals surface area contributed by atoms with Gasteiger partial charge in [0.05, 0.1) is 5.71 Å². The van der Waals surface area contributed by atoms with Crippen molar-refractivity contribution < 1.29 is 8.78 Å². The highest BCUT2D eigenvalue weighted by atomic mass is 19.1. The van der Waals surface area contributed by atoms with E-state index in [0.29, 0.717) is 11.7 Å². The van der Waals surface area contributed by atoms with Crippen LogP contribution in [0.3, 0.4) is 0 Å². The summed E-state index contributed by atoms with van der Waals surface area (Å²) in [6.07, 6.45) is 0. The van der Waals surface area contributed by atoms with Crippen molar-refractivity contribution >= 4 is 11.7 Å². The van der Waals surface area contributed by atoms with Crippen LogP contribution in [-0.4, -0.2) is 15.7 Å². The summed E-state index contributed by atoms with van der Waals surface area (Å²) < 4.78 is 26.4. The molecule has 1 N–H and O–H groups in total. The van der Waals surface area contributed by atoms with E-state index in [1.54, 1.807) is 6.92 Å². The van der Waals surface area contributed by atoms with Crippen molar-refractivity contribution in [3.05, 3.63) is 52.9 Å². The van der Waals surface area contributed by atoms with Gasteiger partial charge in [0.25, 0.3) is 0 Å². The zero-order valence-corrected chi connectivity index (χ0v) is 11.4. The Kier molecular flexibility index (Phi) is 4.02. The monoisotopic (exact) mass is 276 g/mol. The van der Waals surface area contributed by atoms with Gasteiger partial charge in [-0.1, -0.05) is 0 Å². The van der Waals surface area contributed by atoms with Gasteiger partial charge in [-0.15, -0.1) is 0 Å². The van der Waals surface area contributed by atoms with Gasteiger partial charge in [0.1, 0.15) is 11.6 Å². The highest BCUT2D eigenvalue weighted by Gasteiger charge is 2.07. The molecule has 0 aliphatic rings. The fourth-order valence-corrected chi connectivity index (χ4v) is 1.75. The maximum atomic E-state index is 13.6. The lowest BCUT2D eigenvalue weighted by Gasteiger charge is -2.05. The molecule has 0 amide bonds. The predicted octanol–water partition coefficient (Wildman–Crippen LogP) is 3.21. The summed E-state index contributed by atoms with van der Waals surface area (Å²) in [5, 5.41) is 4.02. The number of hydrogen-bond acceptors (Lipinski definition) is 4. The zero-order valence-electron chi connectivity index (χ0n) is 11.4. The van der Waals surface area contributed by atoms with E-state index in [-0.39, 0.29) is 5.56 Å². The van der Waals surface area contributed by atoms with Crippen molar-refractivity contribution in [1.82, 2.24) is 9.97 Å². The highest BCUT2D eigenvalue weighted by Crippen LogP contribution is 2.11. The van der Waals surface area contributed by atoms with E-state index >= 15 is 0 Å². The van der Waals surface area contributed by atoms with Gasteiger partial charge in [0.15, 0.2) is 0 Å². The third kappa shape index (κ3) is 3.34. The maximum absolute atomic E-state index is 13.6. The molecule has 104 valence electrons. The maximum Gasteiger partial charge on any atom is 0.243 e. The molecule has 4 nitrogen and oxygen atoms in total. The molecule has 20 heavy (non-hydrogen) atoms. The van der Waals surface area contributed by atoms with Gasteiger partial charge in [0, 0.05) is 23.0 Å². The van der Waals surface area contributed by atoms with Gasteiger partial charge in [0.2, 0.25) is 5.95 Å². The first-order valence-corrected chi connectivity index (χ1v) is 6.03. The third-order valence-corrected chi connectivity index (χ3v) is 2.63. The van der Waals surface area contributed by atoms with Crippen molar-refractivity contribution in [2.45, 2.75) is 20.8 Å². The van der Waals surface area contributed by atoms with Crippen LogP contribution in [0, 0.1) is 25.5 Å². The molecule has 0 fully saturated rings. The van der Waals surface area contributed by atoms with Crippen LogP contribution < -0.4 is 5.43 Å². The number of nitrogens with one attached hydrogen (secondary N) is 1. The lowest BCUT2D eigenvalue weighted by molar-refractivity contribution is 0.581. The molecule has 1 heterocycles.